The lowest BCUT2D eigenvalue weighted by Gasteiger charge is -2.17. The number of ether oxygens (including phenoxy) is 1. The minimum Gasteiger partial charge on any atom is -0.360 e. The minimum absolute atomic E-state index is 0.0752. The molecule has 1 rings (SSSR count). The molecule has 1 heterocycles. The van der Waals surface area contributed by atoms with E-state index in [-0.39, 0.29) is 12.6 Å². The third kappa shape index (κ3) is 4.60. The van der Waals surface area contributed by atoms with Crippen LogP contribution in [0.3, 0.4) is 0 Å². The van der Waals surface area contributed by atoms with Crippen LogP contribution in [-0.2, 0) is 4.74 Å². The predicted octanol–water partition coefficient (Wildman–Crippen LogP) is 0.699. The molecule has 0 spiro atoms. The highest BCUT2D eigenvalue weighted by atomic mass is 28.3. The Kier molecular flexibility index (Phi) is 4.27. The average molecular weight is 246 g/mol. The molecule has 0 aromatic heterocycles. The summed E-state index contributed by atoms with van der Waals surface area (Å²) in [5.41, 5.74) is 5.25. The van der Waals surface area contributed by atoms with Gasteiger partial charge in [0.05, 0.1) is 0 Å². The van der Waals surface area contributed by atoms with Crippen LogP contribution in [-0.4, -0.2) is 31.5 Å². The molecule has 8 heteroatoms. The molecule has 1 aliphatic heterocycles. The van der Waals surface area contributed by atoms with Gasteiger partial charge in [-0.15, -0.1) is 0 Å². The van der Waals surface area contributed by atoms with Crippen molar-refractivity contribution in [1.82, 2.24) is 16.0 Å². The number of nitrogens with one attached hydrogen (secondary N) is 2. The first kappa shape index (κ1) is 12.9. The van der Waals surface area contributed by atoms with Crippen LogP contribution >= 0.6 is 0 Å². The fourth-order valence-corrected chi connectivity index (χ4v) is 1.80. The third-order valence-electron chi connectivity index (χ3n) is 2.02. The van der Waals surface area contributed by atoms with Crippen LogP contribution in [0.4, 0.5) is 0 Å². The van der Waals surface area contributed by atoms with Crippen molar-refractivity contribution < 1.29 is 9.66 Å². The van der Waals surface area contributed by atoms with E-state index >= 15 is 0 Å². The van der Waals surface area contributed by atoms with Crippen LogP contribution in [0.5, 0.6) is 0 Å². The monoisotopic (exact) mass is 246 g/mol. The number of rotatable bonds is 6. The van der Waals surface area contributed by atoms with Gasteiger partial charge >= 0.3 is 5.82 Å². The van der Waals surface area contributed by atoms with Crippen molar-refractivity contribution in [3.63, 3.8) is 0 Å². The Labute approximate surface area is 95.5 Å². The van der Waals surface area contributed by atoms with Gasteiger partial charge in [-0.05, 0) is 16.1 Å². The summed E-state index contributed by atoms with van der Waals surface area (Å²) in [6.07, 6.45) is 1.29. The van der Waals surface area contributed by atoms with Gasteiger partial charge in [0.25, 0.3) is 0 Å². The van der Waals surface area contributed by atoms with Crippen LogP contribution in [0.15, 0.2) is 12.0 Å². The van der Waals surface area contributed by atoms with Gasteiger partial charge in [-0.3, -0.25) is 5.43 Å². The van der Waals surface area contributed by atoms with Crippen LogP contribution in [0.25, 0.3) is 0 Å². The Hall–Kier alpha value is -1.12. The van der Waals surface area contributed by atoms with Crippen molar-refractivity contribution >= 4 is 8.07 Å². The molecule has 0 saturated carbocycles. The van der Waals surface area contributed by atoms with E-state index < -0.39 is 13.0 Å². The lowest BCUT2D eigenvalue weighted by molar-refractivity contribution is -0.434. The number of hydrogen-bond donors (Lipinski definition) is 2. The van der Waals surface area contributed by atoms with Crippen molar-refractivity contribution in [3.8, 4) is 0 Å². The molecule has 0 unspecified atom stereocenters. The zero-order valence-corrected chi connectivity index (χ0v) is 10.8. The average Bonchev–Trinajstić information content (AvgIpc) is 2.59. The molecule has 0 amide bonds. The highest BCUT2D eigenvalue weighted by Gasteiger charge is 2.22. The molecule has 0 saturated heterocycles. The number of nitrogens with zero attached hydrogens (tertiary/aromatic N) is 2. The smallest absolute Gasteiger partial charge is 0.353 e. The molecular formula is C8H18N4O3Si. The molecule has 0 aliphatic carbocycles. The SMILES string of the molecule is C[Si](C)(C)CCOCN1NC=C([N+](=O)[O-])N1. The van der Waals surface area contributed by atoms with E-state index in [2.05, 4.69) is 30.5 Å². The molecule has 0 aromatic rings. The number of nitro groups is 1. The third-order valence-corrected chi connectivity index (χ3v) is 3.72. The van der Waals surface area contributed by atoms with Crippen LogP contribution in [0.1, 0.15) is 0 Å². The first-order valence-corrected chi connectivity index (χ1v) is 8.82. The Balaban J connectivity index is 2.11. The van der Waals surface area contributed by atoms with E-state index in [9.17, 15) is 10.1 Å². The molecule has 92 valence electrons. The quantitative estimate of drug-likeness (QED) is 0.311. The van der Waals surface area contributed by atoms with Gasteiger partial charge in [-0.2, -0.15) is 5.43 Å². The summed E-state index contributed by atoms with van der Waals surface area (Å²) < 4.78 is 5.40. The van der Waals surface area contributed by atoms with Gasteiger partial charge in [-0.1, -0.05) is 19.6 Å². The minimum atomic E-state index is -1.07. The van der Waals surface area contributed by atoms with Crippen LogP contribution in [0.2, 0.25) is 25.7 Å². The normalized spacial score (nSPS) is 16.6. The zero-order chi connectivity index (χ0) is 12.2. The van der Waals surface area contributed by atoms with Gasteiger partial charge in [0.2, 0.25) is 0 Å². The standard InChI is InChI=1S/C8H18N4O3Si/c1-16(2,3)5-4-15-7-11-9-6-8(10-11)12(13)14/h6,9-10H,4-5,7H2,1-3H3. The lowest BCUT2D eigenvalue weighted by Crippen LogP contribution is -2.41. The summed E-state index contributed by atoms with van der Waals surface area (Å²) in [6.45, 7) is 7.78. The van der Waals surface area contributed by atoms with Crippen molar-refractivity contribution in [2.75, 3.05) is 13.3 Å². The molecule has 2 N–H and O–H groups in total. The maximum Gasteiger partial charge on any atom is 0.353 e. The van der Waals surface area contributed by atoms with Crippen molar-refractivity contribution in [3.05, 3.63) is 22.1 Å². The first-order chi connectivity index (χ1) is 7.38. The molecule has 0 radical (unpaired) electrons. The largest absolute Gasteiger partial charge is 0.360 e. The van der Waals surface area contributed by atoms with Crippen LogP contribution < -0.4 is 10.9 Å². The molecule has 0 atom stereocenters. The van der Waals surface area contributed by atoms with E-state index in [0.29, 0.717) is 6.61 Å². The Bertz CT molecular complexity index is 289. The Morgan fingerprint density at radius 3 is 2.75 bits per heavy atom. The summed E-state index contributed by atoms with van der Waals surface area (Å²) in [5, 5.41) is 11.8. The van der Waals surface area contributed by atoms with Gasteiger partial charge in [0, 0.05) is 14.7 Å². The predicted molar refractivity (Wildman–Crippen MR) is 62.2 cm³/mol. The second-order valence-electron chi connectivity index (χ2n) is 4.80. The second kappa shape index (κ2) is 5.28. The number of hydrazine groups is 2. The van der Waals surface area contributed by atoms with E-state index in [1.54, 1.807) is 0 Å². The van der Waals surface area contributed by atoms with Gasteiger partial charge in [0.15, 0.2) is 6.73 Å². The van der Waals surface area contributed by atoms with E-state index in [0.717, 1.165) is 6.04 Å². The molecule has 1 aliphatic rings. The van der Waals surface area contributed by atoms with Gasteiger partial charge in [-0.25, -0.2) is 0 Å². The molecule has 0 bridgehead atoms. The lowest BCUT2D eigenvalue weighted by atomic mass is 10.8. The first-order valence-electron chi connectivity index (χ1n) is 5.11. The molecule has 0 fully saturated rings. The van der Waals surface area contributed by atoms with Crippen LogP contribution in [0, 0.1) is 10.1 Å². The maximum absolute atomic E-state index is 10.4. The van der Waals surface area contributed by atoms with E-state index in [4.69, 9.17) is 4.74 Å². The van der Waals surface area contributed by atoms with E-state index in [1.165, 1.54) is 11.3 Å². The summed E-state index contributed by atoms with van der Waals surface area (Å²) in [4.78, 5) is 9.89. The fourth-order valence-electron chi connectivity index (χ4n) is 1.04. The summed E-state index contributed by atoms with van der Waals surface area (Å²) in [7, 11) is -1.07. The molecule has 16 heavy (non-hydrogen) atoms. The molecule has 7 nitrogen and oxygen atoms in total. The highest BCUT2D eigenvalue weighted by molar-refractivity contribution is 6.76. The van der Waals surface area contributed by atoms with Crippen molar-refractivity contribution in [1.29, 1.82) is 0 Å². The Morgan fingerprint density at radius 2 is 2.25 bits per heavy atom. The molecular weight excluding hydrogens is 228 g/mol. The van der Waals surface area contributed by atoms with Gasteiger partial charge < -0.3 is 14.9 Å². The fraction of sp³-hybridized carbons (Fsp3) is 0.750. The highest BCUT2D eigenvalue weighted by Crippen LogP contribution is 2.07. The summed E-state index contributed by atoms with van der Waals surface area (Å²) >= 11 is 0. The topological polar surface area (TPSA) is 79.7 Å². The molecule has 0 aromatic carbocycles. The second-order valence-corrected chi connectivity index (χ2v) is 10.4. The van der Waals surface area contributed by atoms with Crippen molar-refractivity contribution in [2.45, 2.75) is 25.7 Å². The zero-order valence-electron chi connectivity index (χ0n) is 9.82. The van der Waals surface area contributed by atoms with Gasteiger partial charge in [0.1, 0.15) is 6.20 Å². The van der Waals surface area contributed by atoms with E-state index in [1.807, 2.05) is 0 Å². The number of hydrogen-bond acceptors (Lipinski definition) is 6. The summed E-state index contributed by atoms with van der Waals surface area (Å²) in [6, 6.07) is 1.08. The maximum atomic E-state index is 10.4. The summed E-state index contributed by atoms with van der Waals surface area (Å²) in [5.74, 6) is -0.0752. The Morgan fingerprint density at radius 1 is 1.56 bits per heavy atom. The van der Waals surface area contributed by atoms with Crippen molar-refractivity contribution in [2.24, 2.45) is 0 Å².